The van der Waals surface area contributed by atoms with E-state index in [0.717, 1.165) is 38.3 Å². The van der Waals surface area contributed by atoms with Crippen LogP contribution in [0.3, 0.4) is 0 Å². The van der Waals surface area contributed by atoms with Crippen molar-refractivity contribution >= 4 is 29.1 Å². The van der Waals surface area contributed by atoms with Crippen LogP contribution in [0.15, 0.2) is 54.6 Å². The second kappa shape index (κ2) is 10.1. The lowest BCUT2D eigenvalue weighted by atomic mass is 10.1. The molecule has 3 rings (SSSR count). The number of hydrazine groups is 1. The highest BCUT2D eigenvalue weighted by Crippen LogP contribution is 2.12. The molecule has 3 N–H and O–H groups in total. The lowest BCUT2D eigenvalue weighted by Crippen LogP contribution is -3.15. The minimum absolute atomic E-state index is 0.164. The van der Waals surface area contributed by atoms with Crippen molar-refractivity contribution < 1.29 is 14.5 Å². The van der Waals surface area contributed by atoms with Crippen molar-refractivity contribution in [3.63, 3.8) is 0 Å². The van der Waals surface area contributed by atoms with Gasteiger partial charge >= 0.3 is 0 Å². The van der Waals surface area contributed by atoms with Crippen LogP contribution in [-0.4, -0.2) is 44.5 Å². The molecule has 2 aromatic rings. The van der Waals surface area contributed by atoms with Crippen LogP contribution in [0.2, 0.25) is 5.02 Å². The lowest BCUT2D eigenvalue weighted by molar-refractivity contribution is -0.900. The number of carbonyl (C=O) groups is 2. The molecule has 2 aromatic carbocycles. The summed E-state index contributed by atoms with van der Waals surface area (Å²) in [6, 6.07) is 17.5. The summed E-state index contributed by atoms with van der Waals surface area (Å²) < 4.78 is 0. The van der Waals surface area contributed by atoms with Crippen molar-refractivity contribution in [1.29, 1.82) is 0 Å². The Bertz CT molecular complexity index is 775. The summed E-state index contributed by atoms with van der Waals surface area (Å²) >= 11 is 5.83. The third kappa shape index (κ3) is 6.25. The first kappa shape index (κ1) is 20.2. The predicted molar refractivity (Wildman–Crippen MR) is 110 cm³/mol. The Kier molecular flexibility index (Phi) is 7.28. The molecule has 0 bridgehead atoms. The molecule has 0 aliphatic carbocycles. The number of nitrogens with one attached hydrogen (secondary N) is 3. The molecule has 148 valence electrons. The van der Waals surface area contributed by atoms with Crippen molar-refractivity contribution in [2.45, 2.75) is 12.8 Å². The highest BCUT2D eigenvalue weighted by atomic mass is 35.5. The van der Waals surface area contributed by atoms with Crippen LogP contribution in [0, 0.1) is 0 Å². The zero-order valence-electron chi connectivity index (χ0n) is 15.8. The summed E-state index contributed by atoms with van der Waals surface area (Å²) in [6.45, 7) is 4.75. The number of piperazine rings is 1. The zero-order valence-corrected chi connectivity index (χ0v) is 16.5. The van der Waals surface area contributed by atoms with Crippen molar-refractivity contribution in [2.24, 2.45) is 0 Å². The Balaban J connectivity index is 1.31. The maximum atomic E-state index is 12.0. The number of halogens is 1. The fourth-order valence-corrected chi connectivity index (χ4v) is 3.42. The Morgan fingerprint density at radius 1 is 0.929 bits per heavy atom. The molecule has 0 radical (unpaired) electrons. The smallest absolute Gasteiger partial charge is 0.244 e. The summed E-state index contributed by atoms with van der Waals surface area (Å²) in [5.41, 5.74) is 7.07. The van der Waals surface area contributed by atoms with Crippen molar-refractivity contribution in [3.8, 4) is 0 Å². The predicted octanol–water partition coefficient (Wildman–Crippen LogP) is 0.825. The number of quaternary nitrogens is 1. The normalized spacial score (nSPS) is 14.5. The Labute approximate surface area is 170 Å². The van der Waals surface area contributed by atoms with Gasteiger partial charge in [-0.3, -0.25) is 20.4 Å². The quantitative estimate of drug-likeness (QED) is 0.628. The average Bonchev–Trinajstić information content (AvgIpc) is 2.73. The lowest BCUT2D eigenvalue weighted by Gasteiger charge is -2.33. The Morgan fingerprint density at radius 2 is 1.57 bits per heavy atom. The first-order valence-electron chi connectivity index (χ1n) is 9.56. The Morgan fingerprint density at radius 3 is 2.25 bits per heavy atom. The molecule has 1 heterocycles. The molecule has 1 aliphatic heterocycles. The highest BCUT2D eigenvalue weighted by molar-refractivity contribution is 6.30. The molecule has 0 unspecified atom stereocenters. The second-order valence-corrected chi connectivity index (χ2v) is 7.41. The monoisotopic (exact) mass is 401 g/mol. The first-order valence-corrected chi connectivity index (χ1v) is 9.93. The largest absolute Gasteiger partial charge is 0.360 e. The van der Waals surface area contributed by atoms with E-state index in [1.54, 1.807) is 24.3 Å². The maximum absolute atomic E-state index is 12.0. The minimum Gasteiger partial charge on any atom is -0.360 e. The summed E-state index contributed by atoms with van der Waals surface area (Å²) in [4.78, 5) is 27.7. The van der Waals surface area contributed by atoms with E-state index >= 15 is 0 Å². The summed E-state index contributed by atoms with van der Waals surface area (Å²) in [5.74, 6) is -0.415. The summed E-state index contributed by atoms with van der Waals surface area (Å²) in [5, 5.41) is 0.629. The molecule has 1 aliphatic rings. The van der Waals surface area contributed by atoms with Gasteiger partial charge in [-0.05, 0) is 29.8 Å². The molecule has 0 atom stereocenters. The van der Waals surface area contributed by atoms with E-state index in [1.165, 1.54) is 10.6 Å². The number of nitrogens with zero attached hydrogens (tertiary/aromatic N) is 1. The van der Waals surface area contributed by atoms with Crippen molar-refractivity contribution in [2.75, 3.05) is 37.6 Å². The SMILES string of the molecule is O=C(CC[NH+]1CCN(c2ccccc2)CC1)NNC(=O)Cc1ccc(Cl)cc1. The van der Waals surface area contributed by atoms with Crippen LogP contribution in [-0.2, 0) is 16.0 Å². The third-order valence-electron chi connectivity index (χ3n) is 4.92. The van der Waals surface area contributed by atoms with Gasteiger partial charge in [-0.1, -0.05) is 41.9 Å². The number of benzene rings is 2. The van der Waals surface area contributed by atoms with Gasteiger partial charge in [0.15, 0.2) is 0 Å². The van der Waals surface area contributed by atoms with Gasteiger partial charge in [-0.25, -0.2) is 0 Å². The molecule has 0 saturated carbocycles. The van der Waals surface area contributed by atoms with Crippen LogP contribution < -0.4 is 20.7 Å². The fourth-order valence-electron chi connectivity index (χ4n) is 3.29. The van der Waals surface area contributed by atoms with Gasteiger partial charge in [0.25, 0.3) is 0 Å². The van der Waals surface area contributed by atoms with E-state index < -0.39 is 0 Å². The van der Waals surface area contributed by atoms with Crippen LogP contribution in [0.5, 0.6) is 0 Å². The molecule has 7 heteroatoms. The standard InChI is InChI=1S/C21H25ClN4O2/c22-18-8-6-17(7-9-18)16-21(28)24-23-20(27)10-11-25-12-14-26(15-13-25)19-4-2-1-3-5-19/h1-9H,10-16H2,(H,23,27)(H,24,28)/p+1. The molecule has 6 nitrogen and oxygen atoms in total. The molecule has 28 heavy (non-hydrogen) atoms. The van der Waals surface area contributed by atoms with Gasteiger partial charge in [0, 0.05) is 10.7 Å². The number of amides is 2. The van der Waals surface area contributed by atoms with Gasteiger partial charge in [0.2, 0.25) is 11.8 Å². The Hall–Kier alpha value is -2.57. The topological polar surface area (TPSA) is 65.9 Å². The van der Waals surface area contributed by atoms with Gasteiger partial charge in [-0.2, -0.15) is 0 Å². The second-order valence-electron chi connectivity index (χ2n) is 6.97. The summed E-state index contributed by atoms with van der Waals surface area (Å²) in [6.07, 6.45) is 0.589. The van der Waals surface area contributed by atoms with E-state index in [9.17, 15) is 9.59 Å². The van der Waals surface area contributed by atoms with Crippen molar-refractivity contribution in [3.05, 3.63) is 65.2 Å². The van der Waals surface area contributed by atoms with E-state index in [2.05, 4.69) is 40.0 Å². The number of anilines is 1. The minimum atomic E-state index is -0.250. The molecule has 1 saturated heterocycles. The molecule has 0 spiro atoms. The van der Waals surface area contributed by atoms with Crippen LogP contribution in [0.4, 0.5) is 5.69 Å². The van der Waals surface area contributed by atoms with Gasteiger partial charge in [0.05, 0.1) is 45.6 Å². The van der Waals surface area contributed by atoms with Crippen LogP contribution in [0.25, 0.3) is 0 Å². The number of para-hydroxylation sites is 1. The number of rotatable bonds is 6. The maximum Gasteiger partial charge on any atom is 0.244 e. The highest BCUT2D eigenvalue weighted by Gasteiger charge is 2.20. The number of hydrogen-bond acceptors (Lipinski definition) is 3. The van der Waals surface area contributed by atoms with E-state index in [4.69, 9.17) is 11.6 Å². The molecule has 2 amide bonds. The zero-order chi connectivity index (χ0) is 19.8. The fraction of sp³-hybridized carbons (Fsp3) is 0.333. The van der Waals surface area contributed by atoms with Crippen LogP contribution >= 0.6 is 11.6 Å². The van der Waals surface area contributed by atoms with E-state index in [1.807, 2.05) is 6.07 Å². The molecule has 0 aromatic heterocycles. The number of hydrogen-bond donors (Lipinski definition) is 3. The van der Waals surface area contributed by atoms with Gasteiger partial charge < -0.3 is 9.80 Å². The van der Waals surface area contributed by atoms with Crippen LogP contribution in [0.1, 0.15) is 12.0 Å². The van der Waals surface area contributed by atoms with Crippen molar-refractivity contribution in [1.82, 2.24) is 10.9 Å². The summed E-state index contributed by atoms with van der Waals surface area (Å²) in [7, 11) is 0. The van der Waals surface area contributed by atoms with E-state index in [0.29, 0.717) is 11.4 Å². The first-order chi connectivity index (χ1) is 13.6. The molecular formula is C21H26ClN4O2+. The van der Waals surface area contributed by atoms with Gasteiger partial charge in [-0.15, -0.1) is 0 Å². The number of carbonyl (C=O) groups excluding carboxylic acids is 2. The van der Waals surface area contributed by atoms with Gasteiger partial charge in [0.1, 0.15) is 0 Å². The molecule has 1 fully saturated rings. The van der Waals surface area contributed by atoms with E-state index in [-0.39, 0.29) is 18.2 Å². The third-order valence-corrected chi connectivity index (χ3v) is 5.17. The average molecular weight is 402 g/mol. The molecular weight excluding hydrogens is 376 g/mol.